The number of carboxylic acids is 1. The summed E-state index contributed by atoms with van der Waals surface area (Å²) in [5, 5.41) is 8.89. The van der Waals surface area contributed by atoms with E-state index in [2.05, 4.69) is 0 Å². The standard InChI is InChI=1S/C15H21NO5/c1-5-21-13-8-11(6-7-12(13)20-4)14(17)16(3)9-10(2)15(18)19/h6-8,10H,5,9H2,1-4H3,(H,18,19). The van der Waals surface area contributed by atoms with Crippen molar-refractivity contribution in [2.24, 2.45) is 5.92 Å². The van der Waals surface area contributed by atoms with Crippen molar-refractivity contribution in [2.45, 2.75) is 13.8 Å². The Morgan fingerprint density at radius 2 is 2.00 bits per heavy atom. The second-order valence-corrected chi connectivity index (χ2v) is 4.72. The van der Waals surface area contributed by atoms with Crippen LogP contribution in [0.15, 0.2) is 18.2 Å². The zero-order chi connectivity index (χ0) is 16.0. The van der Waals surface area contributed by atoms with E-state index < -0.39 is 11.9 Å². The van der Waals surface area contributed by atoms with E-state index in [9.17, 15) is 9.59 Å². The third-order valence-corrected chi connectivity index (χ3v) is 3.03. The van der Waals surface area contributed by atoms with Gasteiger partial charge >= 0.3 is 5.97 Å². The molecule has 116 valence electrons. The molecule has 0 spiro atoms. The van der Waals surface area contributed by atoms with E-state index in [1.165, 1.54) is 12.0 Å². The molecule has 1 aromatic carbocycles. The first-order valence-electron chi connectivity index (χ1n) is 6.69. The van der Waals surface area contributed by atoms with Gasteiger partial charge < -0.3 is 19.5 Å². The quantitative estimate of drug-likeness (QED) is 0.831. The van der Waals surface area contributed by atoms with Crippen LogP contribution in [-0.2, 0) is 4.79 Å². The lowest BCUT2D eigenvalue weighted by Gasteiger charge is -2.20. The number of carbonyl (C=O) groups is 2. The van der Waals surface area contributed by atoms with Gasteiger partial charge in [-0.25, -0.2) is 0 Å². The predicted octanol–water partition coefficient (Wildman–Crippen LogP) is 1.89. The second kappa shape index (κ2) is 7.52. The molecule has 0 saturated carbocycles. The Labute approximate surface area is 124 Å². The minimum atomic E-state index is -0.931. The van der Waals surface area contributed by atoms with Crippen LogP contribution in [0, 0.1) is 5.92 Å². The Kier molecular flexibility index (Phi) is 6.02. The van der Waals surface area contributed by atoms with Gasteiger partial charge in [0.25, 0.3) is 5.91 Å². The average Bonchev–Trinajstić information content (AvgIpc) is 2.46. The largest absolute Gasteiger partial charge is 0.493 e. The van der Waals surface area contributed by atoms with E-state index in [-0.39, 0.29) is 12.5 Å². The van der Waals surface area contributed by atoms with Crippen LogP contribution in [0.4, 0.5) is 0 Å². The highest BCUT2D eigenvalue weighted by atomic mass is 16.5. The molecule has 0 bridgehead atoms. The molecule has 0 aliphatic heterocycles. The van der Waals surface area contributed by atoms with Gasteiger partial charge in [0.1, 0.15) is 0 Å². The summed E-state index contributed by atoms with van der Waals surface area (Å²) in [6.07, 6.45) is 0. The lowest BCUT2D eigenvalue weighted by Crippen LogP contribution is -2.33. The highest BCUT2D eigenvalue weighted by Crippen LogP contribution is 2.28. The van der Waals surface area contributed by atoms with E-state index in [4.69, 9.17) is 14.6 Å². The molecule has 6 nitrogen and oxygen atoms in total. The third-order valence-electron chi connectivity index (χ3n) is 3.03. The molecular weight excluding hydrogens is 274 g/mol. The van der Waals surface area contributed by atoms with Crippen molar-refractivity contribution in [1.29, 1.82) is 0 Å². The molecule has 1 aromatic rings. The van der Waals surface area contributed by atoms with Gasteiger partial charge in [0, 0.05) is 19.2 Å². The van der Waals surface area contributed by atoms with E-state index in [1.807, 2.05) is 6.92 Å². The van der Waals surface area contributed by atoms with E-state index in [1.54, 1.807) is 32.2 Å². The number of nitrogens with zero attached hydrogens (tertiary/aromatic N) is 1. The molecular formula is C15H21NO5. The van der Waals surface area contributed by atoms with Crippen LogP contribution in [0.1, 0.15) is 24.2 Å². The molecule has 0 aliphatic rings. The van der Waals surface area contributed by atoms with E-state index >= 15 is 0 Å². The maximum absolute atomic E-state index is 12.3. The van der Waals surface area contributed by atoms with Crippen molar-refractivity contribution < 1.29 is 24.2 Å². The van der Waals surface area contributed by atoms with Crippen molar-refractivity contribution in [2.75, 3.05) is 27.3 Å². The second-order valence-electron chi connectivity index (χ2n) is 4.72. The van der Waals surface area contributed by atoms with Crippen LogP contribution in [0.3, 0.4) is 0 Å². The first-order valence-corrected chi connectivity index (χ1v) is 6.69. The van der Waals surface area contributed by atoms with Crippen LogP contribution >= 0.6 is 0 Å². The number of hydrogen-bond donors (Lipinski definition) is 1. The summed E-state index contributed by atoms with van der Waals surface area (Å²) < 4.78 is 10.6. The molecule has 0 saturated heterocycles. The van der Waals surface area contributed by atoms with Crippen molar-refractivity contribution in [1.82, 2.24) is 4.90 Å². The summed E-state index contributed by atoms with van der Waals surface area (Å²) in [5.41, 5.74) is 0.430. The Morgan fingerprint density at radius 1 is 1.33 bits per heavy atom. The van der Waals surface area contributed by atoms with Gasteiger partial charge in [0.15, 0.2) is 11.5 Å². The minimum absolute atomic E-state index is 0.143. The molecule has 1 unspecified atom stereocenters. The van der Waals surface area contributed by atoms with Gasteiger partial charge in [-0.15, -0.1) is 0 Å². The monoisotopic (exact) mass is 295 g/mol. The Balaban J connectivity index is 2.91. The van der Waals surface area contributed by atoms with Crippen molar-refractivity contribution in [3.63, 3.8) is 0 Å². The van der Waals surface area contributed by atoms with Crippen LogP contribution in [0.2, 0.25) is 0 Å². The van der Waals surface area contributed by atoms with E-state index in [0.29, 0.717) is 23.7 Å². The molecule has 1 amide bonds. The summed E-state index contributed by atoms with van der Waals surface area (Å²) >= 11 is 0. The molecule has 0 aliphatic carbocycles. The number of benzene rings is 1. The number of methoxy groups -OCH3 is 1. The van der Waals surface area contributed by atoms with Crippen molar-refractivity contribution >= 4 is 11.9 Å². The summed E-state index contributed by atoms with van der Waals surface area (Å²) in [5.74, 6) is -0.768. The normalized spacial score (nSPS) is 11.6. The van der Waals surface area contributed by atoms with Gasteiger partial charge in [-0.1, -0.05) is 6.92 Å². The molecule has 0 heterocycles. The summed E-state index contributed by atoms with van der Waals surface area (Å²) in [6, 6.07) is 4.89. The molecule has 6 heteroatoms. The lowest BCUT2D eigenvalue weighted by atomic mass is 10.1. The van der Waals surface area contributed by atoms with Crippen LogP contribution in [-0.4, -0.2) is 49.2 Å². The number of ether oxygens (including phenoxy) is 2. The average molecular weight is 295 g/mol. The fourth-order valence-electron chi connectivity index (χ4n) is 1.87. The number of rotatable bonds is 7. The van der Waals surface area contributed by atoms with Gasteiger partial charge in [0.05, 0.1) is 19.6 Å². The number of hydrogen-bond acceptors (Lipinski definition) is 4. The van der Waals surface area contributed by atoms with Crippen molar-refractivity contribution in [3.8, 4) is 11.5 Å². The zero-order valence-corrected chi connectivity index (χ0v) is 12.8. The number of aliphatic carboxylic acids is 1. The Morgan fingerprint density at radius 3 is 2.52 bits per heavy atom. The fourth-order valence-corrected chi connectivity index (χ4v) is 1.87. The minimum Gasteiger partial charge on any atom is -0.493 e. The van der Waals surface area contributed by atoms with Gasteiger partial charge in [-0.2, -0.15) is 0 Å². The fraction of sp³-hybridized carbons (Fsp3) is 0.467. The smallest absolute Gasteiger partial charge is 0.308 e. The molecule has 1 atom stereocenters. The zero-order valence-electron chi connectivity index (χ0n) is 12.8. The lowest BCUT2D eigenvalue weighted by molar-refractivity contribution is -0.141. The maximum atomic E-state index is 12.3. The molecule has 21 heavy (non-hydrogen) atoms. The van der Waals surface area contributed by atoms with E-state index in [0.717, 1.165) is 0 Å². The topological polar surface area (TPSA) is 76.1 Å². The van der Waals surface area contributed by atoms with Crippen LogP contribution in [0.5, 0.6) is 11.5 Å². The van der Waals surface area contributed by atoms with Crippen LogP contribution in [0.25, 0.3) is 0 Å². The highest BCUT2D eigenvalue weighted by Gasteiger charge is 2.19. The molecule has 0 aromatic heterocycles. The highest BCUT2D eigenvalue weighted by molar-refractivity contribution is 5.95. The third kappa shape index (κ3) is 4.37. The van der Waals surface area contributed by atoms with Gasteiger partial charge in [0.2, 0.25) is 0 Å². The van der Waals surface area contributed by atoms with Gasteiger partial charge in [-0.05, 0) is 25.1 Å². The summed E-state index contributed by atoms with van der Waals surface area (Å²) in [6.45, 7) is 4.00. The number of carboxylic acid groups (broad SMARTS) is 1. The van der Waals surface area contributed by atoms with Crippen LogP contribution < -0.4 is 9.47 Å². The number of carbonyl (C=O) groups excluding carboxylic acids is 1. The molecule has 1 rings (SSSR count). The van der Waals surface area contributed by atoms with Crippen molar-refractivity contribution in [3.05, 3.63) is 23.8 Å². The summed E-state index contributed by atoms with van der Waals surface area (Å²) in [4.78, 5) is 24.5. The predicted molar refractivity (Wildman–Crippen MR) is 77.9 cm³/mol. The maximum Gasteiger partial charge on any atom is 0.308 e. The van der Waals surface area contributed by atoms with Gasteiger partial charge in [-0.3, -0.25) is 9.59 Å². The Hall–Kier alpha value is -2.24. The first kappa shape index (κ1) is 16.8. The molecule has 0 fully saturated rings. The summed E-state index contributed by atoms with van der Waals surface area (Å²) in [7, 11) is 3.10. The Bertz CT molecular complexity index is 515. The molecule has 1 N–H and O–H groups in total. The number of amides is 1. The molecule has 0 radical (unpaired) electrons. The SMILES string of the molecule is CCOc1cc(C(=O)N(C)CC(C)C(=O)O)ccc1OC. The first-order chi connectivity index (χ1) is 9.90.